The number of rotatable bonds is 3. The summed E-state index contributed by atoms with van der Waals surface area (Å²) >= 11 is 0. The Morgan fingerprint density at radius 2 is 1.52 bits per heavy atom. The summed E-state index contributed by atoms with van der Waals surface area (Å²) in [6, 6.07) is 14.7. The Morgan fingerprint density at radius 3 is 2.28 bits per heavy atom. The fourth-order valence-corrected chi connectivity index (χ4v) is 3.54. The highest BCUT2D eigenvalue weighted by Gasteiger charge is 2.25. The molecule has 1 aliphatic heterocycles. The molecule has 1 saturated heterocycles. The predicted octanol–water partition coefficient (Wildman–Crippen LogP) is 2.63. The summed E-state index contributed by atoms with van der Waals surface area (Å²) in [5, 5.41) is 0. The lowest BCUT2D eigenvalue weighted by Crippen LogP contribution is -2.37. The van der Waals surface area contributed by atoms with E-state index < -0.39 is 0 Å². The van der Waals surface area contributed by atoms with Crippen LogP contribution in [0.1, 0.15) is 27.3 Å². The quantitative estimate of drug-likeness (QED) is 0.687. The van der Waals surface area contributed by atoms with Gasteiger partial charge in [-0.3, -0.25) is 14.6 Å². The molecule has 2 amide bonds. The zero-order valence-corrected chi connectivity index (χ0v) is 16.2. The molecule has 0 saturated carbocycles. The van der Waals surface area contributed by atoms with Gasteiger partial charge in [0, 0.05) is 26.2 Å². The van der Waals surface area contributed by atoms with Gasteiger partial charge in [0.05, 0.1) is 29.9 Å². The molecule has 1 aliphatic rings. The van der Waals surface area contributed by atoms with E-state index in [2.05, 4.69) is 9.97 Å². The average molecular weight is 390 g/mol. The second-order valence-electron chi connectivity index (χ2n) is 6.88. The van der Waals surface area contributed by atoms with Crippen LogP contribution < -0.4 is 4.74 Å². The van der Waals surface area contributed by atoms with Crippen LogP contribution in [0.15, 0.2) is 54.7 Å². The van der Waals surface area contributed by atoms with Crippen molar-refractivity contribution in [2.24, 2.45) is 0 Å². The van der Waals surface area contributed by atoms with Gasteiger partial charge in [0.2, 0.25) is 0 Å². The number of carbonyl (C=O) groups excluding carboxylic acids is 2. The number of aromatic nitrogens is 2. The van der Waals surface area contributed by atoms with Gasteiger partial charge in [-0.25, -0.2) is 4.98 Å². The Kier molecular flexibility index (Phi) is 5.37. The first-order valence-electron chi connectivity index (χ1n) is 9.61. The average Bonchev–Trinajstić information content (AvgIpc) is 3.04. The maximum Gasteiger partial charge on any atom is 0.274 e. The topological polar surface area (TPSA) is 75.6 Å². The molecule has 148 valence electrons. The monoisotopic (exact) mass is 390 g/mol. The third-order valence-corrected chi connectivity index (χ3v) is 5.08. The summed E-state index contributed by atoms with van der Waals surface area (Å²) in [7, 11) is 1.56. The first-order valence-corrected chi connectivity index (χ1v) is 9.61. The van der Waals surface area contributed by atoms with Gasteiger partial charge < -0.3 is 14.5 Å². The molecule has 2 heterocycles. The zero-order chi connectivity index (χ0) is 20.2. The summed E-state index contributed by atoms with van der Waals surface area (Å²) in [4.78, 5) is 38.2. The van der Waals surface area contributed by atoms with Crippen molar-refractivity contribution < 1.29 is 14.3 Å². The Labute approximate surface area is 168 Å². The van der Waals surface area contributed by atoms with Gasteiger partial charge in [-0.15, -0.1) is 0 Å². The maximum atomic E-state index is 12.9. The van der Waals surface area contributed by atoms with Crippen molar-refractivity contribution in [1.82, 2.24) is 19.8 Å². The Morgan fingerprint density at radius 1 is 0.862 bits per heavy atom. The lowest BCUT2D eigenvalue weighted by atomic mass is 10.1. The molecule has 1 aromatic heterocycles. The molecule has 0 atom stereocenters. The molecule has 7 nitrogen and oxygen atoms in total. The van der Waals surface area contributed by atoms with Crippen molar-refractivity contribution in [3.05, 3.63) is 66.0 Å². The number of carbonyl (C=O) groups is 2. The van der Waals surface area contributed by atoms with Gasteiger partial charge in [0.1, 0.15) is 11.4 Å². The van der Waals surface area contributed by atoms with E-state index in [-0.39, 0.29) is 11.8 Å². The number of nitrogens with zero attached hydrogens (tertiary/aromatic N) is 4. The molecule has 7 heteroatoms. The minimum atomic E-state index is -0.158. The van der Waals surface area contributed by atoms with Crippen LogP contribution in [0.25, 0.3) is 11.0 Å². The van der Waals surface area contributed by atoms with Crippen LogP contribution in [0.3, 0.4) is 0 Å². The lowest BCUT2D eigenvalue weighted by molar-refractivity contribution is 0.0714. The first-order chi connectivity index (χ1) is 14.2. The highest BCUT2D eigenvalue weighted by molar-refractivity contribution is 5.97. The number of methoxy groups -OCH3 is 1. The van der Waals surface area contributed by atoms with Crippen LogP contribution in [0.4, 0.5) is 0 Å². The summed E-state index contributed by atoms with van der Waals surface area (Å²) in [6.07, 6.45) is 2.22. The Bertz CT molecular complexity index is 1050. The summed E-state index contributed by atoms with van der Waals surface area (Å²) < 4.78 is 5.31. The first kappa shape index (κ1) is 18.9. The van der Waals surface area contributed by atoms with Gasteiger partial charge in [-0.2, -0.15) is 0 Å². The molecule has 3 aromatic rings. The number of para-hydroxylation sites is 3. The molecule has 0 spiro atoms. The van der Waals surface area contributed by atoms with Crippen LogP contribution in [-0.4, -0.2) is 64.9 Å². The second-order valence-corrected chi connectivity index (χ2v) is 6.88. The molecule has 0 unspecified atom stereocenters. The van der Waals surface area contributed by atoms with E-state index in [1.165, 1.54) is 6.20 Å². The third kappa shape index (κ3) is 3.89. The molecule has 4 rings (SSSR count). The molecule has 2 aromatic carbocycles. The summed E-state index contributed by atoms with van der Waals surface area (Å²) in [6.45, 7) is 2.07. The Hall–Kier alpha value is -3.48. The molecule has 0 N–H and O–H groups in total. The van der Waals surface area contributed by atoms with Crippen molar-refractivity contribution in [3.63, 3.8) is 0 Å². The second kappa shape index (κ2) is 8.26. The zero-order valence-electron chi connectivity index (χ0n) is 16.2. The van der Waals surface area contributed by atoms with E-state index >= 15 is 0 Å². The highest BCUT2D eigenvalue weighted by atomic mass is 16.5. The van der Waals surface area contributed by atoms with E-state index in [1.807, 2.05) is 36.4 Å². The molecule has 1 fully saturated rings. The molecule has 0 bridgehead atoms. The van der Waals surface area contributed by atoms with Gasteiger partial charge in [0.15, 0.2) is 0 Å². The molecule has 0 aliphatic carbocycles. The minimum absolute atomic E-state index is 0.0813. The number of ether oxygens (including phenoxy) is 1. The number of hydrogen-bond donors (Lipinski definition) is 0. The standard InChI is InChI=1S/C22H22N4O3/c1-29-20-10-5-2-7-16(20)21(27)25-11-6-12-26(14-13-25)22(28)19-15-23-17-8-3-4-9-18(17)24-19/h2-5,7-10,15H,6,11-14H2,1H3. The van der Waals surface area contributed by atoms with E-state index in [1.54, 1.807) is 29.0 Å². The fourth-order valence-electron chi connectivity index (χ4n) is 3.54. The van der Waals surface area contributed by atoms with Crippen LogP contribution >= 0.6 is 0 Å². The number of fused-ring (bicyclic) bond motifs is 1. The number of amides is 2. The van der Waals surface area contributed by atoms with E-state index in [0.717, 1.165) is 5.52 Å². The van der Waals surface area contributed by atoms with Gasteiger partial charge >= 0.3 is 0 Å². The van der Waals surface area contributed by atoms with Gasteiger partial charge in [-0.1, -0.05) is 24.3 Å². The van der Waals surface area contributed by atoms with Crippen molar-refractivity contribution in [1.29, 1.82) is 0 Å². The van der Waals surface area contributed by atoms with E-state index in [4.69, 9.17) is 4.74 Å². The molecular weight excluding hydrogens is 368 g/mol. The van der Waals surface area contributed by atoms with Crippen molar-refractivity contribution >= 4 is 22.8 Å². The normalized spacial score (nSPS) is 14.5. The number of benzene rings is 2. The SMILES string of the molecule is COc1ccccc1C(=O)N1CCCN(C(=O)c2cnc3ccccc3n2)CC1. The van der Waals surface area contributed by atoms with Crippen molar-refractivity contribution in [3.8, 4) is 5.75 Å². The Balaban J connectivity index is 1.48. The molecule has 0 radical (unpaired) electrons. The minimum Gasteiger partial charge on any atom is -0.496 e. The summed E-state index contributed by atoms with van der Waals surface area (Å²) in [5.41, 5.74) is 2.32. The van der Waals surface area contributed by atoms with Crippen LogP contribution in [0.5, 0.6) is 5.75 Å². The summed E-state index contributed by atoms with van der Waals surface area (Å²) in [5.74, 6) is 0.318. The predicted molar refractivity (Wildman–Crippen MR) is 109 cm³/mol. The number of hydrogen-bond acceptors (Lipinski definition) is 5. The van der Waals surface area contributed by atoms with Crippen molar-refractivity contribution in [2.45, 2.75) is 6.42 Å². The lowest BCUT2D eigenvalue weighted by Gasteiger charge is -2.22. The van der Waals surface area contributed by atoms with Crippen LogP contribution in [-0.2, 0) is 0 Å². The molecule has 29 heavy (non-hydrogen) atoms. The highest BCUT2D eigenvalue weighted by Crippen LogP contribution is 2.20. The maximum absolute atomic E-state index is 12.9. The third-order valence-electron chi connectivity index (χ3n) is 5.08. The fraction of sp³-hybridized carbons (Fsp3) is 0.273. The van der Waals surface area contributed by atoms with Crippen molar-refractivity contribution in [2.75, 3.05) is 33.3 Å². The van der Waals surface area contributed by atoms with Crippen LogP contribution in [0, 0.1) is 0 Å². The van der Waals surface area contributed by atoms with Crippen LogP contribution in [0.2, 0.25) is 0 Å². The van der Waals surface area contributed by atoms with E-state index in [9.17, 15) is 9.59 Å². The smallest absolute Gasteiger partial charge is 0.274 e. The largest absolute Gasteiger partial charge is 0.496 e. The molecular formula is C22H22N4O3. The van der Waals surface area contributed by atoms with Gasteiger partial charge in [0.25, 0.3) is 11.8 Å². The van der Waals surface area contributed by atoms with Gasteiger partial charge in [-0.05, 0) is 30.7 Å². The van der Waals surface area contributed by atoms with E-state index in [0.29, 0.717) is 55.1 Å².